The van der Waals surface area contributed by atoms with Gasteiger partial charge in [-0.3, -0.25) is 9.52 Å². The van der Waals surface area contributed by atoms with E-state index in [0.717, 1.165) is 16.7 Å². The van der Waals surface area contributed by atoms with Crippen molar-refractivity contribution in [2.24, 2.45) is 0 Å². The number of rotatable bonds is 5. The number of hydrogen-bond acceptors (Lipinski definition) is 3. The van der Waals surface area contributed by atoms with E-state index in [4.69, 9.17) is 0 Å². The highest BCUT2D eigenvalue weighted by Gasteiger charge is 2.21. The number of nitrogens with one attached hydrogen (secondary N) is 2. The molecule has 4 rings (SSSR count). The molecule has 1 aliphatic carbocycles. The van der Waals surface area contributed by atoms with Crippen LogP contribution >= 0.6 is 0 Å². The summed E-state index contributed by atoms with van der Waals surface area (Å²) in [6.07, 6.45) is 2.82. The summed E-state index contributed by atoms with van der Waals surface area (Å²) in [4.78, 5) is 12.4. The summed E-state index contributed by atoms with van der Waals surface area (Å²) in [5, 5.41) is 2.77. The number of anilines is 2. The zero-order valence-electron chi connectivity index (χ0n) is 16.8. The second-order valence-electron chi connectivity index (χ2n) is 7.32. The van der Waals surface area contributed by atoms with E-state index in [-0.39, 0.29) is 10.8 Å². The standard InChI is InChI=1S/C24H22N2O3S/c1-16-8-14-21-22(15-9-17(2)23(16)21)26-30(28,29)20-12-10-19(11-13-20)25-24(27)18-6-4-3-5-7-18/h3-13,15,26H,14H2,1-2H3,(H,25,27). The second kappa shape index (κ2) is 7.80. The highest BCUT2D eigenvalue weighted by molar-refractivity contribution is 7.92. The predicted molar refractivity (Wildman–Crippen MR) is 120 cm³/mol. The molecule has 3 aromatic carbocycles. The first kappa shape index (κ1) is 19.9. The monoisotopic (exact) mass is 418 g/mol. The van der Waals surface area contributed by atoms with Crippen molar-refractivity contribution in [2.75, 3.05) is 10.0 Å². The van der Waals surface area contributed by atoms with Crippen LogP contribution in [-0.2, 0) is 16.4 Å². The van der Waals surface area contributed by atoms with E-state index >= 15 is 0 Å². The van der Waals surface area contributed by atoms with Crippen LogP contribution in [0.2, 0.25) is 0 Å². The van der Waals surface area contributed by atoms with Gasteiger partial charge < -0.3 is 5.32 Å². The first-order valence-corrected chi connectivity index (χ1v) is 11.1. The fourth-order valence-corrected chi connectivity index (χ4v) is 4.79. The van der Waals surface area contributed by atoms with Gasteiger partial charge in [-0.2, -0.15) is 0 Å². The van der Waals surface area contributed by atoms with E-state index < -0.39 is 10.0 Å². The number of carbonyl (C=O) groups is 1. The maximum absolute atomic E-state index is 12.9. The third-order valence-corrected chi connectivity index (χ3v) is 6.61. The lowest BCUT2D eigenvalue weighted by Gasteiger charge is -2.15. The third kappa shape index (κ3) is 3.86. The summed E-state index contributed by atoms with van der Waals surface area (Å²) in [7, 11) is -3.75. The highest BCUT2D eigenvalue weighted by Crippen LogP contribution is 2.35. The molecule has 0 saturated carbocycles. The number of aryl methyl sites for hydroxylation is 1. The molecule has 0 aliphatic heterocycles. The molecule has 6 heteroatoms. The van der Waals surface area contributed by atoms with Gasteiger partial charge in [0.2, 0.25) is 0 Å². The maximum atomic E-state index is 12.9. The lowest BCUT2D eigenvalue weighted by molar-refractivity contribution is 0.102. The quantitative estimate of drug-likeness (QED) is 0.612. The molecular weight excluding hydrogens is 396 g/mol. The molecule has 0 saturated heterocycles. The molecular formula is C24H22N2O3S. The minimum Gasteiger partial charge on any atom is -0.322 e. The first-order valence-electron chi connectivity index (χ1n) is 9.64. The molecule has 1 amide bonds. The molecule has 0 heterocycles. The van der Waals surface area contributed by atoms with Crippen molar-refractivity contribution in [3.8, 4) is 0 Å². The molecule has 1 aliphatic rings. The van der Waals surface area contributed by atoms with Crippen LogP contribution in [0.4, 0.5) is 11.4 Å². The minimum absolute atomic E-state index is 0.136. The third-order valence-electron chi connectivity index (χ3n) is 5.23. The van der Waals surface area contributed by atoms with Crippen LogP contribution in [0.25, 0.3) is 5.57 Å². The Balaban J connectivity index is 1.53. The molecule has 30 heavy (non-hydrogen) atoms. The molecule has 5 nitrogen and oxygen atoms in total. The molecule has 152 valence electrons. The van der Waals surface area contributed by atoms with Gasteiger partial charge in [-0.05, 0) is 85.0 Å². The Labute approximate surface area is 176 Å². The molecule has 0 aromatic heterocycles. The van der Waals surface area contributed by atoms with Crippen molar-refractivity contribution < 1.29 is 13.2 Å². The SMILES string of the molecule is CC1=CCc2c(NS(=O)(=O)c3ccc(NC(=O)c4ccccc4)cc3)ccc(C)c21. The van der Waals surface area contributed by atoms with E-state index in [1.165, 1.54) is 17.7 Å². The number of amides is 1. The van der Waals surface area contributed by atoms with Gasteiger partial charge in [-0.15, -0.1) is 0 Å². The Bertz CT molecular complexity index is 1250. The van der Waals surface area contributed by atoms with Gasteiger partial charge in [0, 0.05) is 11.3 Å². The molecule has 0 unspecified atom stereocenters. The summed E-state index contributed by atoms with van der Waals surface area (Å²) in [5.41, 5.74) is 6.09. The zero-order chi connectivity index (χ0) is 21.3. The van der Waals surface area contributed by atoms with Gasteiger partial charge in [-0.1, -0.05) is 30.3 Å². The summed E-state index contributed by atoms with van der Waals surface area (Å²) >= 11 is 0. The van der Waals surface area contributed by atoms with Gasteiger partial charge in [0.25, 0.3) is 15.9 Å². The van der Waals surface area contributed by atoms with E-state index in [1.807, 2.05) is 32.0 Å². The first-order chi connectivity index (χ1) is 14.3. The van der Waals surface area contributed by atoms with Crippen LogP contribution in [0.5, 0.6) is 0 Å². The van der Waals surface area contributed by atoms with Crippen LogP contribution in [0.1, 0.15) is 34.0 Å². The van der Waals surface area contributed by atoms with Crippen LogP contribution in [-0.4, -0.2) is 14.3 Å². The largest absolute Gasteiger partial charge is 0.322 e. The van der Waals surface area contributed by atoms with Crippen molar-refractivity contribution in [3.05, 3.63) is 95.1 Å². The lowest BCUT2D eigenvalue weighted by atomic mass is 9.99. The average molecular weight is 419 g/mol. The molecule has 0 atom stereocenters. The fraction of sp³-hybridized carbons (Fsp3) is 0.125. The van der Waals surface area contributed by atoms with Crippen molar-refractivity contribution in [1.82, 2.24) is 0 Å². The Kier molecular flexibility index (Phi) is 5.18. The fourth-order valence-electron chi connectivity index (χ4n) is 3.69. The number of benzene rings is 3. The summed E-state index contributed by atoms with van der Waals surface area (Å²) in [5.74, 6) is -0.248. The molecule has 3 aromatic rings. The van der Waals surface area contributed by atoms with Crippen molar-refractivity contribution in [3.63, 3.8) is 0 Å². The maximum Gasteiger partial charge on any atom is 0.261 e. The topological polar surface area (TPSA) is 75.3 Å². The van der Waals surface area contributed by atoms with Crippen molar-refractivity contribution in [2.45, 2.75) is 25.2 Å². The van der Waals surface area contributed by atoms with E-state index in [1.54, 1.807) is 36.4 Å². The van der Waals surface area contributed by atoms with E-state index in [0.29, 0.717) is 23.4 Å². The predicted octanol–water partition coefficient (Wildman–Crippen LogP) is 5.01. The van der Waals surface area contributed by atoms with Gasteiger partial charge in [0.15, 0.2) is 0 Å². The van der Waals surface area contributed by atoms with Crippen LogP contribution in [0.3, 0.4) is 0 Å². The number of fused-ring (bicyclic) bond motifs is 1. The average Bonchev–Trinajstić information content (AvgIpc) is 3.14. The summed E-state index contributed by atoms with van der Waals surface area (Å²) in [6, 6.07) is 18.7. The molecule has 0 bridgehead atoms. The second-order valence-corrected chi connectivity index (χ2v) is 9.01. The van der Waals surface area contributed by atoms with Gasteiger partial charge in [-0.25, -0.2) is 8.42 Å². The molecule has 0 fully saturated rings. The van der Waals surface area contributed by atoms with E-state index in [2.05, 4.69) is 16.1 Å². The zero-order valence-corrected chi connectivity index (χ0v) is 17.6. The van der Waals surface area contributed by atoms with Gasteiger partial charge in [0.05, 0.1) is 10.6 Å². The van der Waals surface area contributed by atoms with Gasteiger partial charge >= 0.3 is 0 Å². The smallest absolute Gasteiger partial charge is 0.261 e. The molecule has 2 N–H and O–H groups in total. The Morgan fingerprint density at radius 2 is 1.60 bits per heavy atom. The van der Waals surface area contributed by atoms with Crippen LogP contribution < -0.4 is 10.0 Å². The lowest BCUT2D eigenvalue weighted by Crippen LogP contribution is -2.15. The number of sulfonamides is 1. The van der Waals surface area contributed by atoms with Crippen LogP contribution in [0.15, 0.2) is 77.7 Å². The Morgan fingerprint density at radius 1 is 0.900 bits per heavy atom. The summed E-state index contributed by atoms with van der Waals surface area (Å²) < 4.78 is 28.5. The minimum atomic E-state index is -3.75. The number of carbonyl (C=O) groups excluding carboxylic acids is 1. The molecule has 0 radical (unpaired) electrons. The van der Waals surface area contributed by atoms with Crippen molar-refractivity contribution >= 4 is 32.9 Å². The van der Waals surface area contributed by atoms with E-state index in [9.17, 15) is 13.2 Å². The normalized spacial score (nSPS) is 12.8. The van der Waals surface area contributed by atoms with Crippen LogP contribution in [0, 0.1) is 6.92 Å². The van der Waals surface area contributed by atoms with Crippen molar-refractivity contribution in [1.29, 1.82) is 0 Å². The summed E-state index contributed by atoms with van der Waals surface area (Å²) in [6.45, 7) is 4.07. The highest BCUT2D eigenvalue weighted by atomic mass is 32.2. The van der Waals surface area contributed by atoms with Gasteiger partial charge in [0.1, 0.15) is 0 Å². The Morgan fingerprint density at radius 3 is 2.30 bits per heavy atom. The molecule has 0 spiro atoms. The number of allylic oxidation sites excluding steroid dienone is 2. The Hall–Kier alpha value is -3.38. The number of hydrogen-bond donors (Lipinski definition) is 2.